The van der Waals surface area contributed by atoms with Crippen LogP contribution in [-0.2, 0) is 0 Å². The van der Waals surface area contributed by atoms with Gasteiger partial charge in [0.25, 0.3) is 0 Å². The first-order valence-corrected chi connectivity index (χ1v) is 5.84. The third-order valence-electron chi connectivity index (χ3n) is 1.68. The van der Waals surface area contributed by atoms with Crippen LogP contribution in [0.25, 0.3) is 12.2 Å². The standard InChI is InChI=1S/C10H6Cl2N2S/c11-9-5-8(13-10(12)14-9)2-1-7-3-4-15-6-7/h1-6H/b2-1+. The van der Waals surface area contributed by atoms with Crippen molar-refractivity contribution in [2.45, 2.75) is 0 Å². The van der Waals surface area contributed by atoms with Gasteiger partial charge in [0.05, 0.1) is 5.69 Å². The number of aromatic nitrogens is 2. The Kier molecular flexibility index (Phi) is 3.36. The van der Waals surface area contributed by atoms with E-state index in [4.69, 9.17) is 23.2 Å². The molecule has 2 rings (SSSR count). The van der Waals surface area contributed by atoms with E-state index in [0.717, 1.165) is 5.56 Å². The monoisotopic (exact) mass is 256 g/mol. The topological polar surface area (TPSA) is 25.8 Å². The van der Waals surface area contributed by atoms with Crippen molar-refractivity contribution in [1.82, 2.24) is 9.97 Å². The molecule has 0 aliphatic rings. The maximum atomic E-state index is 5.74. The molecule has 76 valence electrons. The zero-order valence-corrected chi connectivity index (χ0v) is 9.85. The van der Waals surface area contributed by atoms with Gasteiger partial charge in [-0.2, -0.15) is 11.3 Å². The minimum absolute atomic E-state index is 0.160. The van der Waals surface area contributed by atoms with E-state index in [-0.39, 0.29) is 5.28 Å². The van der Waals surface area contributed by atoms with Crippen LogP contribution in [0.1, 0.15) is 11.3 Å². The second-order valence-corrected chi connectivity index (χ2v) is 4.28. The Morgan fingerprint density at radius 3 is 2.73 bits per heavy atom. The lowest BCUT2D eigenvalue weighted by molar-refractivity contribution is 1.15. The fourth-order valence-electron chi connectivity index (χ4n) is 1.04. The highest BCUT2D eigenvalue weighted by Gasteiger charge is 1.97. The molecule has 0 amide bonds. The number of hydrogen-bond donors (Lipinski definition) is 0. The van der Waals surface area contributed by atoms with E-state index in [9.17, 15) is 0 Å². The molecule has 15 heavy (non-hydrogen) atoms. The van der Waals surface area contributed by atoms with E-state index in [0.29, 0.717) is 10.8 Å². The highest BCUT2D eigenvalue weighted by atomic mass is 35.5. The first-order chi connectivity index (χ1) is 7.24. The lowest BCUT2D eigenvalue weighted by Crippen LogP contribution is -1.86. The highest BCUT2D eigenvalue weighted by Crippen LogP contribution is 2.14. The Morgan fingerprint density at radius 2 is 2.07 bits per heavy atom. The Bertz CT molecular complexity index is 460. The molecule has 0 aliphatic carbocycles. The number of rotatable bonds is 2. The molecule has 0 radical (unpaired) electrons. The first kappa shape index (κ1) is 10.6. The van der Waals surface area contributed by atoms with E-state index in [1.807, 2.05) is 29.0 Å². The van der Waals surface area contributed by atoms with E-state index in [1.54, 1.807) is 17.4 Å². The summed E-state index contributed by atoms with van der Waals surface area (Å²) in [6.45, 7) is 0. The Balaban J connectivity index is 2.24. The number of halogens is 2. The van der Waals surface area contributed by atoms with Crippen LogP contribution in [0.3, 0.4) is 0 Å². The van der Waals surface area contributed by atoms with Gasteiger partial charge in [0.1, 0.15) is 5.15 Å². The molecule has 5 heteroatoms. The second-order valence-electron chi connectivity index (χ2n) is 2.77. The van der Waals surface area contributed by atoms with E-state index in [2.05, 4.69) is 9.97 Å². The van der Waals surface area contributed by atoms with Crippen LogP contribution in [-0.4, -0.2) is 9.97 Å². The van der Waals surface area contributed by atoms with Crippen molar-refractivity contribution in [3.63, 3.8) is 0 Å². The van der Waals surface area contributed by atoms with E-state index < -0.39 is 0 Å². The molecule has 0 aliphatic heterocycles. The number of thiophene rings is 1. The maximum Gasteiger partial charge on any atom is 0.224 e. The predicted octanol–water partition coefficient (Wildman–Crippen LogP) is 4.02. The molecule has 0 N–H and O–H groups in total. The van der Waals surface area contributed by atoms with E-state index in [1.165, 1.54) is 0 Å². The van der Waals surface area contributed by atoms with Crippen LogP contribution in [0.2, 0.25) is 10.4 Å². The average molecular weight is 257 g/mol. The van der Waals surface area contributed by atoms with Gasteiger partial charge in [0.15, 0.2) is 0 Å². The molecule has 0 bridgehead atoms. The summed E-state index contributed by atoms with van der Waals surface area (Å²) in [5, 5.41) is 4.56. The summed E-state index contributed by atoms with van der Waals surface area (Å²) in [4.78, 5) is 7.79. The lowest BCUT2D eigenvalue weighted by atomic mass is 10.3. The highest BCUT2D eigenvalue weighted by molar-refractivity contribution is 7.08. The van der Waals surface area contributed by atoms with Gasteiger partial charge in [0, 0.05) is 6.07 Å². The number of hydrogen-bond acceptors (Lipinski definition) is 3. The fraction of sp³-hybridized carbons (Fsp3) is 0. The molecular weight excluding hydrogens is 251 g/mol. The van der Waals surface area contributed by atoms with Gasteiger partial charge in [-0.25, -0.2) is 9.97 Å². The molecular formula is C10H6Cl2N2S. The number of nitrogens with zero attached hydrogens (tertiary/aromatic N) is 2. The molecule has 0 saturated heterocycles. The molecule has 0 fully saturated rings. The van der Waals surface area contributed by atoms with Gasteiger partial charge in [0.2, 0.25) is 5.28 Å². The summed E-state index contributed by atoms with van der Waals surface area (Å²) in [5.74, 6) is 0. The summed E-state index contributed by atoms with van der Waals surface area (Å²) >= 11 is 13.1. The van der Waals surface area contributed by atoms with Crippen LogP contribution >= 0.6 is 34.5 Å². The minimum atomic E-state index is 0.160. The smallest absolute Gasteiger partial charge is 0.218 e. The van der Waals surface area contributed by atoms with Gasteiger partial charge in [-0.1, -0.05) is 17.7 Å². The Morgan fingerprint density at radius 1 is 1.20 bits per heavy atom. The summed E-state index contributed by atoms with van der Waals surface area (Å²) < 4.78 is 0. The van der Waals surface area contributed by atoms with Crippen molar-refractivity contribution in [2.75, 3.05) is 0 Å². The van der Waals surface area contributed by atoms with Crippen molar-refractivity contribution >= 4 is 46.7 Å². The van der Waals surface area contributed by atoms with E-state index >= 15 is 0 Å². The second kappa shape index (κ2) is 4.75. The molecule has 0 aromatic carbocycles. The fourth-order valence-corrected chi connectivity index (χ4v) is 2.10. The molecule has 2 heterocycles. The van der Waals surface area contributed by atoms with Crippen LogP contribution in [0.4, 0.5) is 0 Å². The van der Waals surface area contributed by atoms with Crippen molar-refractivity contribution < 1.29 is 0 Å². The third-order valence-corrected chi connectivity index (χ3v) is 2.74. The zero-order valence-electron chi connectivity index (χ0n) is 7.52. The summed E-state index contributed by atoms with van der Waals surface area (Å²) in [6, 6.07) is 3.68. The zero-order chi connectivity index (χ0) is 10.7. The molecule has 0 spiro atoms. The summed E-state index contributed by atoms with van der Waals surface area (Å²) in [5.41, 5.74) is 1.83. The molecule has 0 atom stereocenters. The average Bonchev–Trinajstić information content (AvgIpc) is 2.65. The van der Waals surface area contributed by atoms with Crippen LogP contribution < -0.4 is 0 Å². The minimum Gasteiger partial charge on any atom is -0.218 e. The van der Waals surface area contributed by atoms with Crippen LogP contribution in [0.5, 0.6) is 0 Å². The largest absolute Gasteiger partial charge is 0.224 e. The van der Waals surface area contributed by atoms with Crippen molar-refractivity contribution in [1.29, 1.82) is 0 Å². The SMILES string of the molecule is Clc1cc(/C=C/c2ccsc2)nc(Cl)n1. The molecule has 2 aromatic heterocycles. The van der Waals surface area contributed by atoms with Crippen LogP contribution in [0.15, 0.2) is 22.9 Å². The molecule has 0 saturated carbocycles. The Hall–Kier alpha value is -0.900. The van der Waals surface area contributed by atoms with Gasteiger partial charge < -0.3 is 0 Å². The molecule has 0 unspecified atom stereocenters. The molecule has 2 aromatic rings. The summed E-state index contributed by atoms with van der Waals surface area (Å²) in [6.07, 6.45) is 3.80. The van der Waals surface area contributed by atoms with Crippen molar-refractivity contribution in [3.05, 3.63) is 44.6 Å². The summed E-state index contributed by atoms with van der Waals surface area (Å²) in [7, 11) is 0. The first-order valence-electron chi connectivity index (χ1n) is 4.14. The van der Waals surface area contributed by atoms with Crippen molar-refractivity contribution in [3.8, 4) is 0 Å². The van der Waals surface area contributed by atoms with Crippen LogP contribution in [0, 0.1) is 0 Å². The quantitative estimate of drug-likeness (QED) is 0.600. The normalized spacial score (nSPS) is 11.1. The van der Waals surface area contributed by atoms with Gasteiger partial charge >= 0.3 is 0 Å². The van der Waals surface area contributed by atoms with Gasteiger partial charge in [-0.3, -0.25) is 0 Å². The van der Waals surface area contributed by atoms with Crippen molar-refractivity contribution in [2.24, 2.45) is 0 Å². The predicted molar refractivity (Wildman–Crippen MR) is 65.3 cm³/mol. The third kappa shape index (κ3) is 3.02. The van der Waals surface area contributed by atoms with Gasteiger partial charge in [-0.15, -0.1) is 0 Å². The van der Waals surface area contributed by atoms with Gasteiger partial charge in [-0.05, 0) is 40.1 Å². The lowest BCUT2D eigenvalue weighted by Gasteiger charge is -1.94. The maximum absolute atomic E-state index is 5.74. The Labute approximate surface area is 101 Å². The molecule has 2 nitrogen and oxygen atoms in total.